The van der Waals surface area contributed by atoms with Crippen LogP contribution in [0.15, 0.2) is 18.2 Å². The van der Waals surface area contributed by atoms with Crippen molar-refractivity contribution >= 4 is 5.69 Å². The largest absolute Gasteiger partial charge is 0.371 e. The van der Waals surface area contributed by atoms with Crippen LogP contribution in [0.5, 0.6) is 0 Å². The average molecular weight is 260 g/mol. The third-order valence-corrected chi connectivity index (χ3v) is 4.35. The van der Waals surface area contributed by atoms with Crippen LogP contribution >= 0.6 is 0 Å². The van der Waals surface area contributed by atoms with Crippen LogP contribution in [0.25, 0.3) is 0 Å². The Hall–Kier alpha value is -1.02. The van der Waals surface area contributed by atoms with E-state index in [1.54, 1.807) is 0 Å². The smallest absolute Gasteiger partial charge is 0.0414 e. The first kappa shape index (κ1) is 14.4. The molecule has 1 heterocycles. The Kier molecular flexibility index (Phi) is 5.26. The highest BCUT2D eigenvalue weighted by atomic mass is 15.1. The summed E-state index contributed by atoms with van der Waals surface area (Å²) in [6.45, 7) is 7.50. The summed E-state index contributed by atoms with van der Waals surface area (Å²) in [5.41, 5.74) is 9.90. The number of aryl methyl sites for hydroxylation is 1. The summed E-state index contributed by atoms with van der Waals surface area (Å²) < 4.78 is 0. The average Bonchev–Trinajstić information content (AvgIpc) is 2.65. The second-order valence-electron chi connectivity index (χ2n) is 5.91. The van der Waals surface area contributed by atoms with E-state index in [1.165, 1.54) is 62.0 Å². The van der Waals surface area contributed by atoms with Crippen molar-refractivity contribution in [3.63, 3.8) is 0 Å². The van der Waals surface area contributed by atoms with E-state index in [0.29, 0.717) is 6.54 Å². The minimum Gasteiger partial charge on any atom is -0.371 e. The number of hydrogen-bond donors (Lipinski definition) is 1. The number of nitrogens with zero attached hydrogens (tertiary/aromatic N) is 1. The van der Waals surface area contributed by atoms with Crippen molar-refractivity contribution in [2.75, 3.05) is 18.0 Å². The molecular formula is C17H28N2. The SMILES string of the molecule is CCCC1CCCN(c2cc(C)ccc2CN)CC1. The molecule has 2 rings (SSSR count). The molecule has 2 nitrogen and oxygen atoms in total. The Balaban J connectivity index is 2.11. The molecule has 0 aromatic heterocycles. The molecule has 106 valence electrons. The molecule has 2 heteroatoms. The quantitative estimate of drug-likeness (QED) is 0.890. The van der Waals surface area contributed by atoms with Gasteiger partial charge in [-0.15, -0.1) is 0 Å². The lowest BCUT2D eigenvalue weighted by Gasteiger charge is -2.26. The van der Waals surface area contributed by atoms with Crippen LogP contribution in [0.1, 0.15) is 50.2 Å². The summed E-state index contributed by atoms with van der Waals surface area (Å²) in [5.74, 6) is 0.932. The molecule has 1 aromatic carbocycles. The van der Waals surface area contributed by atoms with Crippen molar-refractivity contribution in [2.45, 2.75) is 52.5 Å². The van der Waals surface area contributed by atoms with E-state index in [4.69, 9.17) is 5.73 Å². The maximum Gasteiger partial charge on any atom is 0.0414 e. The number of anilines is 1. The predicted octanol–water partition coefficient (Wildman–Crippen LogP) is 3.86. The highest BCUT2D eigenvalue weighted by Gasteiger charge is 2.18. The van der Waals surface area contributed by atoms with Crippen molar-refractivity contribution in [1.29, 1.82) is 0 Å². The molecule has 0 saturated carbocycles. The summed E-state index contributed by atoms with van der Waals surface area (Å²) in [7, 11) is 0. The molecule has 1 fully saturated rings. The highest BCUT2D eigenvalue weighted by Crippen LogP contribution is 2.28. The van der Waals surface area contributed by atoms with E-state index < -0.39 is 0 Å². The second-order valence-corrected chi connectivity index (χ2v) is 5.91. The Labute approximate surface area is 118 Å². The van der Waals surface area contributed by atoms with Crippen molar-refractivity contribution < 1.29 is 0 Å². The topological polar surface area (TPSA) is 29.3 Å². The first-order chi connectivity index (χ1) is 9.24. The maximum absolute atomic E-state index is 5.89. The molecule has 2 N–H and O–H groups in total. The highest BCUT2D eigenvalue weighted by molar-refractivity contribution is 5.55. The van der Waals surface area contributed by atoms with E-state index in [0.717, 1.165) is 5.92 Å². The van der Waals surface area contributed by atoms with Gasteiger partial charge in [-0.25, -0.2) is 0 Å². The van der Waals surface area contributed by atoms with Crippen molar-refractivity contribution in [3.05, 3.63) is 29.3 Å². The van der Waals surface area contributed by atoms with E-state index in [9.17, 15) is 0 Å². The Morgan fingerprint density at radius 2 is 2.11 bits per heavy atom. The molecule has 1 aliphatic heterocycles. The van der Waals surface area contributed by atoms with Gasteiger partial charge in [-0.2, -0.15) is 0 Å². The van der Waals surface area contributed by atoms with Gasteiger partial charge in [0.25, 0.3) is 0 Å². The van der Waals surface area contributed by atoms with Gasteiger partial charge < -0.3 is 10.6 Å². The number of benzene rings is 1. The van der Waals surface area contributed by atoms with Gasteiger partial charge >= 0.3 is 0 Å². The number of hydrogen-bond acceptors (Lipinski definition) is 2. The number of rotatable bonds is 4. The fourth-order valence-electron chi connectivity index (χ4n) is 3.24. The molecule has 19 heavy (non-hydrogen) atoms. The molecule has 0 aliphatic carbocycles. The molecule has 1 saturated heterocycles. The lowest BCUT2D eigenvalue weighted by atomic mass is 9.96. The third kappa shape index (κ3) is 3.73. The first-order valence-electron chi connectivity index (χ1n) is 7.79. The van der Waals surface area contributed by atoms with Crippen LogP contribution < -0.4 is 10.6 Å². The van der Waals surface area contributed by atoms with E-state index >= 15 is 0 Å². The van der Waals surface area contributed by atoms with Crippen LogP contribution in [0.3, 0.4) is 0 Å². The maximum atomic E-state index is 5.89. The lowest BCUT2D eigenvalue weighted by Crippen LogP contribution is -2.26. The molecule has 1 atom stereocenters. The van der Waals surface area contributed by atoms with E-state index in [-0.39, 0.29) is 0 Å². The molecular weight excluding hydrogens is 232 g/mol. The molecule has 0 radical (unpaired) electrons. The van der Waals surface area contributed by atoms with Gasteiger partial charge in [-0.3, -0.25) is 0 Å². The normalized spacial score (nSPS) is 20.4. The Morgan fingerprint density at radius 1 is 1.26 bits per heavy atom. The zero-order chi connectivity index (χ0) is 13.7. The molecule has 1 aromatic rings. The van der Waals surface area contributed by atoms with Crippen LogP contribution in [-0.2, 0) is 6.54 Å². The summed E-state index contributed by atoms with van der Waals surface area (Å²) in [6.07, 6.45) is 6.77. The molecule has 0 spiro atoms. The Bertz CT molecular complexity index is 400. The van der Waals surface area contributed by atoms with Gasteiger partial charge in [0.15, 0.2) is 0 Å². The fourth-order valence-corrected chi connectivity index (χ4v) is 3.24. The predicted molar refractivity (Wildman–Crippen MR) is 83.5 cm³/mol. The second kappa shape index (κ2) is 6.95. The molecule has 0 amide bonds. The van der Waals surface area contributed by atoms with Gasteiger partial charge in [0.2, 0.25) is 0 Å². The standard InChI is InChI=1S/C17H28N2/c1-3-5-15-6-4-10-19(11-9-15)17-12-14(2)7-8-16(17)13-18/h7-8,12,15H,3-6,9-11,13,18H2,1-2H3. The van der Waals surface area contributed by atoms with Crippen molar-refractivity contribution in [1.82, 2.24) is 0 Å². The van der Waals surface area contributed by atoms with Gasteiger partial charge in [-0.1, -0.05) is 31.9 Å². The molecule has 0 bridgehead atoms. The summed E-state index contributed by atoms with van der Waals surface area (Å²) >= 11 is 0. The molecule has 1 aliphatic rings. The summed E-state index contributed by atoms with van der Waals surface area (Å²) in [5, 5.41) is 0. The van der Waals surface area contributed by atoms with Gasteiger partial charge in [0, 0.05) is 25.3 Å². The zero-order valence-electron chi connectivity index (χ0n) is 12.5. The minimum atomic E-state index is 0.643. The monoisotopic (exact) mass is 260 g/mol. The summed E-state index contributed by atoms with van der Waals surface area (Å²) in [4.78, 5) is 2.56. The minimum absolute atomic E-state index is 0.643. The van der Waals surface area contributed by atoms with Gasteiger partial charge in [-0.05, 0) is 49.3 Å². The Morgan fingerprint density at radius 3 is 2.84 bits per heavy atom. The third-order valence-electron chi connectivity index (χ3n) is 4.35. The van der Waals surface area contributed by atoms with E-state index in [2.05, 4.69) is 36.9 Å². The van der Waals surface area contributed by atoms with Crippen LogP contribution in [0.4, 0.5) is 5.69 Å². The zero-order valence-corrected chi connectivity index (χ0v) is 12.5. The number of nitrogens with two attached hydrogens (primary N) is 1. The van der Waals surface area contributed by atoms with Crippen molar-refractivity contribution in [2.24, 2.45) is 11.7 Å². The van der Waals surface area contributed by atoms with E-state index in [1.807, 2.05) is 0 Å². The van der Waals surface area contributed by atoms with Crippen LogP contribution in [0.2, 0.25) is 0 Å². The first-order valence-corrected chi connectivity index (χ1v) is 7.79. The summed E-state index contributed by atoms with van der Waals surface area (Å²) in [6, 6.07) is 6.67. The van der Waals surface area contributed by atoms with Crippen LogP contribution in [0, 0.1) is 12.8 Å². The van der Waals surface area contributed by atoms with Gasteiger partial charge in [0.1, 0.15) is 0 Å². The van der Waals surface area contributed by atoms with Crippen molar-refractivity contribution in [3.8, 4) is 0 Å². The fraction of sp³-hybridized carbons (Fsp3) is 0.647. The van der Waals surface area contributed by atoms with Gasteiger partial charge in [0.05, 0.1) is 0 Å². The van der Waals surface area contributed by atoms with Crippen LogP contribution in [-0.4, -0.2) is 13.1 Å². The molecule has 1 unspecified atom stereocenters. The lowest BCUT2D eigenvalue weighted by molar-refractivity contribution is 0.435.